The summed E-state index contributed by atoms with van der Waals surface area (Å²) in [7, 11) is 0. The third-order valence-electron chi connectivity index (χ3n) is 7.59. The van der Waals surface area contributed by atoms with Crippen molar-refractivity contribution in [3.8, 4) is 30.4 Å². The number of terminal acetylenes is 2. The zero-order chi connectivity index (χ0) is 35.0. The number of ether oxygens (including phenoxy) is 4. The molecule has 0 unspecified atom stereocenters. The largest absolute Gasteiger partial charge is 0.508 e. The minimum atomic E-state index is -4.58. The lowest BCUT2D eigenvalue weighted by atomic mass is 9.84. The first-order valence-corrected chi connectivity index (χ1v) is 15.6. The Morgan fingerprint density at radius 3 is 2.40 bits per heavy atom. The fourth-order valence-corrected chi connectivity index (χ4v) is 5.42. The molecule has 1 aromatic rings. The van der Waals surface area contributed by atoms with Gasteiger partial charge in [-0.25, -0.2) is 4.79 Å². The van der Waals surface area contributed by atoms with Crippen LogP contribution in [0.5, 0.6) is 5.75 Å². The van der Waals surface area contributed by atoms with Gasteiger partial charge in [0.1, 0.15) is 12.4 Å². The molecule has 8 nitrogen and oxygen atoms in total. The maximum Gasteiger partial charge on any atom is 0.508 e. The van der Waals surface area contributed by atoms with Gasteiger partial charge in [-0.05, 0) is 70.2 Å². The van der Waals surface area contributed by atoms with Crippen LogP contribution < -0.4 is 4.74 Å². The summed E-state index contributed by atoms with van der Waals surface area (Å²) >= 11 is 0. The number of alkyl halides is 3. The van der Waals surface area contributed by atoms with Gasteiger partial charge in [0.05, 0.1) is 30.5 Å². The molecule has 2 N–H and O–H groups in total. The van der Waals surface area contributed by atoms with Gasteiger partial charge in [-0.1, -0.05) is 23.8 Å². The summed E-state index contributed by atoms with van der Waals surface area (Å²) < 4.78 is 61.1. The van der Waals surface area contributed by atoms with Gasteiger partial charge < -0.3 is 29.2 Å². The van der Waals surface area contributed by atoms with Crippen LogP contribution in [-0.4, -0.2) is 60.0 Å². The first-order valence-electron chi connectivity index (χ1n) is 15.6. The molecule has 47 heavy (non-hydrogen) atoms. The summed E-state index contributed by atoms with van der Waals surface area (Å²) in [6.07, 6.45) is 10.1. The van der Waals surface area contributed by atoms with Gasteiger partial charge in [-0.3, -0.25) is 4.79 Å². The Bertz CT molecular complexity index is 1270. The van der Waals surface area contributed by atoms with Gasteiger partial charge in [-0.15, -0.1) is 24.7 Å². The number of aliphatic hydroxyl groups excluding tert-OH is 2. The number of benzene rings is 1. The highest BCUT2D eigenvalue weighted by atomic mass is 19.4. The van der Waals surface area contributed by atoms with E-state index in [1.54, 1.807) is 20.8 Å². The van der Waals surface area contributed by atoms with E-state index in [1.165, 1.54) is 18.2 Å². The molecular formula is C36H45F3O8. The fourth-order valence-electron chi connectivity index (χ4n) is 5.42. The molecule has 1 saturated carbocycles. The van der Waals surface area contributed by atoms with E-state index < -0.39 is 42.1 Å². The number of hydrogen-bond donors (Lipinski definition) is 2. The first-order chi connectivity index (χ1) is 22.2. The predicted molar refractivity (Wildman–Crippen MR) is 170 cm³/mol. The Labute approximate surface area is 275 Å². The topological polar surface area (TPSA) is 112 Å². The van der Waals surface area contributed by atoms with Crippen molar-refractivity contribution in [2.24, 2.45) is 17.8 Å². The second-order valence-electron chi connectivity index (χ2n) is 11.8. The van der Waals surface area contributed by atoms with Crippen LogP contribution in [-0.2, 0) is 25.2 Å². The van der Waals surface area contributed by atoms with E-state index in [1.807, 2.05) is 12.2 Å². The molecule has 0 aromatic heterocycles. The number of aliphatic hydroxyl groups is 2. The summed E-state index contributed by atoms with van der Waals surface area (Å²) in [5.41, 5.74) is -0.312. The molecule has 0 bridgehead atoms. The second-order valence-corrected chi connectivity index (χ2v) is 11.8. The minimum Gasteiger partial charge on any atom is -0.489 e. The van der Waals surface area contributed by atoms with Crippen molar-refractivity contribution in [1.29, 1.82) is 0 Å². The van der Waals surface area contributed by atoms with Gasteiger partial charge in [0, 0.05) is 37.5 Å². The predicted octanol–water partition coefficient (Wildman–Crippen LogP) is 6.64. The lowest BCUT2D eigenvalue weighted by Gasteiger charge is -2.25. The van der Waals surface area contributed by atoms with Crippen LogP contribution in [0.3, 0.4) is 0 Å². The SMILES string of the molecule is C#CCC(CC#C)COC(=O)O[C@H](/C=C(\C)[C@@H]1[C@@H](C/C=C\CCCC(=O)OC(C)C)[C@@H](O)C[C@H]1O)COc1cccc(C(F)(F)F)c1. The van der Waals surface area contributed by atoms with Crippen molar-refractivity contribution in [2.45, 2.75) is 96.3 Å². The van der Waals surface area contributed by atoms with Gasteiger partial charge in [-0.2, -0.15) is 13.2 Å². The van der Waals surface area contributed by atoms with Crippen LogP contribution in [0, 0.1) is 42.4 Å². The Kier molecular flexibility index (Phi) is 16.4. The van der Waals surface area contributed by atoms with E-state index in [9.17, 15) is 33.0 Å². The second kappa shape index (κ2) is 19.7. The maximum absolute atomic E-state index is 13.2. The lowest BCUT2D eigenvalue weighted by molar-refractivity contribution is -0.147. The van der Waals surface area contributed by atoms with Gasteiger partial charge in [0.15, 0.2) is 6.10 Å². The molecule has 0 spiro atoms. The standard InChI is InChI=1S/C36H45F3O8/c1-6-13-26(14-7-2)22-45-35(43)47-29(23-44-28-16-12-15-27(20-28)36(37,38)39)19-25(5)34-30(31(40)21-32(34)41)17-10-8-9-11-18-33(42)46-24(3)4/h1-2,8,10,12,15-16,19-20,24,26,29-32,34,40-41H,9,11,13-14,17-18,21-23H2,3-5H3/b10-8-,25-19+/t29-,30+,31+,32-,34-/m1/s1. The maximum atomic E-state index is 13.2. The average Bonchev–Trinajstić information content (AvgIpc) is 3.28. The van der Waals surface area contributed by atoms with Crippen LogP contribution in [0.2, 0.25) is 0 Å². The fraction of sp³-hybridized carbons (Fsp3) is 0.556. The van der Waals surface area contributed by atoms with Crippen molar-refractivity contribution < 1.29 is 51.9 Å². The molecule has 2 rings (SSSR count). The third kappa shape index (κ3) is 14.2. The zero-order valence-electron chi connectivity index (χ0n) is 27.1. The summed E-state index contributed by atoms with van der Waals surface area (Å²) in [4.78, 5) is 24.4. The van der Waals surface area contributed by atoms with Crippen molar-refractivity contribution >= 4 is 12.1 Å². The summed E-state index contributed by atoms with van der Waals surface area (Å²) in [6, 6.07) is 4.29. The number of rotatable bonds is 17. The van der Waals surface area contributed by atoms with E-state index in [4.69, 9.17) is 31.8 Å². The molecular weight excluding hydrogens is 617 g/mol. The molecule has 0 heterocycles. The van der Waals surface area contributed by atoms with E-state index in [-0.39, 0.29) is 62.1 Å². The minimum absolute atomic E-state index is 0.0900. The number of halogens is 3. The molecule has 0 radical (unpaired) electrons. The molecule has 1 aliphatic carbocycles. The molecule has 5 atom stereocenters. The molecule has 0 aliphatic heterocycles. The van der Waals surface area contributed by atoms with Gasteiger partial charge in [0.2, 0.25) is 0 Å². The molecule has 1 aromatic carbocycles. The van der Waals surface area contributed by atoms with Crippen molar-refractivity contribution in [2.75, 3.05) is 13.2 Å². The molecule has 11 heteroatoms. The summed E-state index contributed by atoms with van der Waals surface area (Å²) in [5.74, 6) is 3.42. The van der Waals surface area contributed by atoms with E-state index in [0.29, 0.717) is 31.3 Å². The zero-order valence-corrected chi connectivity index (χ0v) is 27.1. The number of carbonyl (C=O) groups excluding carboxylic acids is 2. The van der Waals surface area contributed by atoms with Crippen molar-refractivity contribution in [3.63, 3.8) is 0 Å². The molecule has 1 aliphatic rings. The van der Waals surface area contributed by atoms with Crippen LogP contribution >= 0.6 is 0 Å². The first kappa shape index (κ1) is 39.2. The van der Waals surface area contributed by atoms with Crippen LogP contribution in [0.4, 0.5) is 18.0 Å². The highest BCUT2D eigenvalue weighted by Gasteiger charge is 2.42. The van der Waals surface area contributed by atoms with Crippen LogP contribution in [0.1, 0.15) is 71.3 Å². The van der Waals surface area contributed by atoms with E-state index in [0.717, 1.165) is 12.1 Å². The van der Waals surface area contributed by atoms with Crippen LogP contribution in [0.25, 0.3) is 0 Å². The Balaban J connectivity index is 2.17. The Morgan fingerprint density at radius 1 is 1.06 bits per heavy atom. The highest BCUT2D eigenvalue weighted by Crippen LogP contribution is 2.40. The van der Waals surface area contributed by atoms with Crippen molar-refractivity contribution in [3.05, 3.63) is 53.6 Å². The molecule has 0 saturated heterocycles. The molecule has 258 valence electrons. The Morgan fingerprint density at radius 2 is 1.77 bits per heavy atom. The quantitative estimate of drug-likeness (QED) is 0.0827. The number of unbranched alkanes of at least 4 members (excludes halogenated alkanes) is 1. The van der Waals surface area contributed by atoms with E-state index in [2.05, 4.69) is 11.8 Å². The number of hydrogen-bond acceptors (Lipinski definition) is 8. The molecule has 1 fully saturated rings. The lowest BCUT2D eigenvalue weighted by Crippen LogP contribution is -2.28. The van der Waals surface area contributed by atoms with Gasteiger partial charge in [0.25, 0.3) is 0 Å². The van der Waals surface area contributed by atoms with E-state index >= 15 is 0 Å². The summed E-state index contributed by atoms with van der Waals surface area (Å²) in [5, 5.41) is 21.6. The smallest absolute Gasteiger partial charge is 0.489 e. The third-order valence-corrected chi connectivity index (χ3v) is 7.59. The highest BCUT2D eigenvalue weighted by molar-refractivity contribution is 5.69. The number of carbonyl (C=O) groups is 2. The average molecular weight is 663 g/mol. The number of allylic oxidation sites excluding steroid dienone is 2. The van der Waals surface area contributed by atoms with Crippen molar-refractivity contribution in [1.82, 2.24) is 0 Å². The normalized spacial score (nSPS) is 20.6. The molecule has 0 amide bonds. The van der Waals surface area contributed by atoms with Crippen LogP contribution in [0.15, 0.2) is 48.1 Å². The Hall–Kier alpha value is -3.93. The monoisotopic (exact) mass is 662 g/mol. The van der Waals surface area contributed by atoms with Gasteiger partial charge >= 0.3 is 18.3 Å². The summed E-state index contributed by atoms with van der Waals surface area (Å²) in [6.45, 7) is 4.83. The number of esters is 1.